The molecule has 3 atom stereocenters. The molecule has 5 nitrogen and oxygen atoms in total. The largest absolute Gasteiger partial charge is 0.439 e. The molecule has 0 bridgehead atoms. The highest BCUT2D eigenvalue weighted by Gasteiger charge is 2.45. The minimum Gasteiger partial charge on any atom is -0.439 e. The summed E-state index contributed by atoms with van der Waals surface area (Å²) in [6.07, 6.45) is -10.1. The Kier molecular flexibility index (Phi) is 6.46. The van der Waals surface area contributed by atoms with Crippen LogP contribution in [0.25, 0.3) is 0 Å². The first kappa shape index (κ1) is 24.9. The Hall–Kier alpha value is -3.24. The molecule has 35 heavy (non-hydrogen) atoms. The van der Waals surface area contributed by atoms with E-state index in [4.69, 9.17) is 4.74 Å². The van der Waals surface area contributed by atoms with Gasteiger partial charge in [0.25, 0.3) is 0 Å². The summed E-state index contributed by atoms with van der Waals surface area (Å²) >= 11 is 0. The van der Waals surface area contributed by atoms with Gasteiger partial charge in [0.2, 0.25) is 0 Å². The Morgan fingerprint density at radius 1 is 1.06 bits per heavy atom. The van der Waals surface area contributed by atoms with Crippen molar-refractivity contribution >= 4 is 12.1 Å². The van der Waals surface area contributed by atoms with E-state index in [2.05, 4.69) is 5.32 Å². The molecule has 0 aromatic heterocycles. The molecule has 1 aliphatic heterocycles. The Bertz CT molecular complexity index is 1100. The van der Waals surface area contributed by atoms with E-state index in [1.807, 2.05) is 24.3 Å². The molecule has 1 heterocycles. The highest BCUT2D eigenvalue weighted by atomic mass is 19.4. The van der Waals surface area contributed by atoms with Crippen molar-refractivity contribution in [3.05, 3.63) is 70.3 Å². The van der Waals surface area contributed by atoms with Crippen molar-refractivity contribution in [1.82, 2.24) is 10.2 Å². The van der Waals surface area contributed by atoms with Crippen LogP contribution in [0.4, 0.5) is 35.9 Å². The van der Waals surface area contributed by atoms with Gasteiger partial charge in [0, 0.05) is 12.5 Å². The highest BCUT2D eigenvalue weighted by molar-refractivity contribution is 5.92. The smallest absolute Gasteiger partial charge is 0.419 e. The Morgan fingerprint density at radius 3 is 2.31 bits per heavy atom. The van der Waals surface area contributed by atoms with Gasteiger partial charge in [0.1, 0.15) is 6.10 Å². The van der Waals surface area contributed by atoms with Gasteiger partial charge in [-0.1, -0.05) is 24.3 Å². The summed E-state index contributed by atoms with van der Waals surface area (Å²) in [5, 5.41) is 2.67. The quantitative estimate of drug-likeness (QED) is 0.494. The molecule has 11 heteroatoms. The van der Waals surface area contributed by atoms with E-state index in [9.17, 15) is 35.9 Å². The number of carbonyl (C=O) groups excluding carboxylic acids is 2. The fraction of sp³-hybridized carbons (Fsp3) is 0.417. The van der Waals surface area contributed by atoms with Gasteiger partial charge in [-0.2, -0.15) is 26.3 Å². The lowest BCUT2D eigenvalue weighted by molar-refractivity contribution is -0.143. The van der Waals surface area contributed by atoms with Crippen LogP contribution < -0.4 is 5.32 Å². The summed E-state index contributed by atoms with van der Waals surface area (Å²) in [6, 6.07) is 6.86. The molecule has 188 valence electrons. The maximum atomic E-state index is 13.2. The molecular formula is C24H22F6N2O3. The van der Waals surface area contributed by atoms with Crippen LogP contribution in [0.5, 0.6) is 0 Å². The molecule has 3 amide bonds. The second-order valence-electron chi connectivity index (χ2n) is 8.73. The van der Waals surface area contributed by atoms with E-state index < -0.39 is 53.3 Å². The number of imide groups is 1. The number of aryl methyl sites for hydroxylation is 1. The number of benzene rings is 2. The first-order valence-corrected chi connectivity index (χ1v) is 11.0. The maximum absolute atomic E-state index is 13.2. The number of ether oxygens (including phenoxy) is 1. The van der Waals surface area contributed by atoms with Crippen molar-refractivity contribution in [3.8, 4) is 0 Å². The van der Waals surface area contributed by atoms with Crippen LogP contribution in [0.1, 0.15) is 59.6 Å². The van der Waals surface area contributed by atoms with Crippen molar-refractivity contribution in [2.45, 2.75) is 56.6 Å². The molecule has 2 aromatic rings. The molecule has 1 saturated heterocycles. The van der Waals surface area contributed by atoms with Crippen LogP contribution in [0.2, 0.25) is 0 Å². The third-order valence-corrected chi connectivity index (χ3v) is 6.42. The van der Waals surface area contributed by atoms with Gasteiger partial charge in [0.15, 0.2) is 0 Å². The number of amides is 3. The summed E-state index contributed by atoms with van der Waals surface area (Å²) < 4.78 is 84.5. The van der Waals surface area contributed by atoms with Crippen LogP contribution in [-0.4, -0.2) is 29.6 Å². The van der Waals surface area contributed by atoms with E-state index in [1.54, 1.807) is 0 Å². The zero-order chi connectivity index (χ0) is 25.5. The number of carbonyl (C=O) groups is 2. The molecule has 1 fully saturated rings. The second kappa shape index (κ2) is 9.09. The lowest BCUT2D eigenvalue weighted by Crippen LogP contribution is -2.45. The van der Waals surface area contributed by atoms with Crippen molar-refractivity contribution < 1.29 is 40.7 Å². The zero-order valence-corrected chi connectivity index (χ0v) is 18.5. The van der Waals surface area contributed by atoms with Crippen LogP contribution in [-0.2, 0) is 23.5 Å². The van der Waals surface area contributed by atoms with Crippen molar-refractivity contribution in [3.63, 3.8) is 0 Å². The predicted molar refractivity (Wildman–Crippen MR) is 112 cm³/mol. The minimum absolute atomic E-state index is 0.00255. The third kappa shape index (κ3) is 5.08. The third-order valence-electron chi connectivity index (χ3n) is 6.42. The molecule has 4 rings (SSSR count). The number of fused-ring (bicyclic) bond motifs is 1. The Balaban J connectivity index is 1.53. The van der Waals surface area contributed by atoms with Gasteiger partial charge < -0.3 is 10.1 Å². The van der Waals surface area contributed by atoms with Crippen LogP contribution in [0.15, 0.2) is 42.5 Å². The van der Waals surface area contributed by atoms with Gasteiger partial charge in [0.05, 0.1) is 17.2 Å². The van der Waals surface area contributed by atoms with Crippen molar-refractivity contribution in [1.29, 1.82) is 0 Å². The van der Waals surface area contributed by atoms with Crippen LogP contribution in [0.3, 0.4) is 0 Å². The molecule has 1 N–H and O–H groups in total. The average molecular weight is 500 g/mol. The number of halogens is 6. The van der Waals surface area contributed by atoms with Gasteiger partial charge >= 0.3 is 24.5 Å². The number of cyclic esters (lactones) is 1. The number of urea groups is 1. The molecule has 2 aliphatic rings. The zero-order valence-electron chi connectivity index (χ0n) is 18.5. The molecule has 2 aromatic carbocycles. The standard InChI is InChI=1S/C24H22F6N2O3/c1-13-20(16-9-17(23(25,26)27)11-18(10-16)24(28,29)30)35-22(34)32(13)21(33)31-12-15-7-4-6-14-5-2-3-8-19(14)15/h2-3,5,8-11,13,15,20H,4,6-7,12H2,1H3,(H,31,33)/t13-,15?,20-/m0/s1. The van der Waals surface area contributed by atoms with E-state index in [1.165, 1.54) is 12.5 Å². The second-order valence-corrected chi connectivity index (χ2v) is 8.73. The number of nitrogens with zero attached hydrogens (tertiary/aromatic N) is 1. The first-order chi connectivity index (χ1) is 16.4. The van der Waals surface area contributed by atoms with E-state index in [0.717, 1.165) is 24.8 Å². The molecule has 1 aliphatic carbocycles. The summed E-state index contributed by atoms with van der Waals surface area (Å²) in [5.41, 5.74) is -1.27. The van der Waals surface area contributed by atoms with Gasteiger partial charge in [-0.3, -0.25) is 0 Å². The fourth-order valence-electron chi connectivity index (χ4n) is 4.69. The van der Waals surface area contributed by atoms with Crippen molar-refractivity contribution in [2.75, 3.05) is 6.54 Å². The highest BCUT2D eigenvalue weighted by Crippen LogP contribution is 2.41. The molecule has 0 spiro atoms. The number of rotatable bonds is 3. The van der Waals surface area contributed by atoms with Gasteiger partial charge in [-0.25, -0.2) is 14.5 Å². The molecular weight excluding hydrogens is 478 g/mol. The fourth-order valence-corrected chi connectivity index (χ4v) is 4.69. The van der Waals surface area contributed by atoms with Crippen LogP contribution in [0, 0.1) is 0 Å². The van der Waals surface area contributed by atoms with E-state index in [0.29, 0.717) is 17.0 Å². The number of alkyl halides is 6. The summed E-state index contributed by atoms with van der Waals surface area (Å²) in [6.45, 7) is 1.55. The Morgan fingerprint density at radius 2 is 1.69 bits per heavy atom. The minimum atomic E-state index is -5.05. The Labute approximate surface area is 197 Å². The molecule has 0 saturated carbocycles. The van der Waals surface area contributed by atoms with Gasteiger partial charge in [-0.05, 0) is 61.1 Å². The summed E-state index contributed by atoms with van der Waals surface area (Å²) in [5.74, 6) is 0.0198. The van der Waals surface area contributed by atoms with Crippen molar-refractivity contribution in [2.24, 2.45) is 0 Å². The summed E-state index contributed by atoms with van der Waals surface area (Å²) in [4.78, 5) is 25.9. The molecule has 0 radical (unpaired) electrons. The number of nitrogens with one attached hydrogen (secondary N) is 1. The maximum Gasteiger partial charge on any atom is 0.419 e. The number of hydrogen-bond donors (Lipinski definition) is 1. The average Bonchev–Trinajstić information content (AvgIpc) is 3.09. The SMILES string of the molecule is C[C@H]1[C@@H](c2cc(C(F)(F)F)cc(C(F)(F)F)c2)OC(=O)N1C(=O)NCC1CCCc2ccccc21. The topological polar surface area (TPSA) is 58.6 Å². The van der Waals surface area contributed by atoms with E-state index in [-0.39, 0.29) is 18.5 Å². The first-order valence-electron chi connectivity index (χ1n) is 11.0. The lowest BCUT2D eigenvalue weighted by atomic mass is 9.83. The monoisotopic (exact) mass is 500 g/mol. The number of hydrogen-bond acceptors (Lipinski definition) is 3. The predicted octanol–water partition coefficient (Wildman–Crippen LogP) is 6.44. The van der Waals surface area contributed by atoms with Gasteiger partial charge in [-0.15, -0.1) is 0 Å². The van der Waals surface area contributed by atoms with E-state index >= 15 is 0 Å². The normalized spacial score (nSPS) is 22.5. The summed E-state index contributed by atoms with van der Waals surface area (Å²) in [7, 11) is 0. The van der Waals surface area contributed by atoms with Crippen LogP contribution >= 0.6 is 0 Å². The molecule has 1 unspecified atom stereocenters. The lowest BCUT2D eigenvalue weighted by Gasteiger charge is -2.27.